The molecule has 1 aliphatic carbocycles. The summed E-state index contributed by atoms with van der Waals surface area (Å²) in [4.78, 5) is 12.7. The van der Waals surface area contributed by atoms with Crippen LogP contribution in [0.25, 0.3) is 11.0 Å². The molecule has 1 amide bonds. The first-order valence-corrected chi connectivity index (χ1v) is 7.89. The molecule has 0 aliphatic heterocycles. The van der Waals surface area contributed by atoms with Gasteiger partial charge in [0, 0.05) is 17.5 Å². The van der Waals surface area contributed by atoms with Crippen molar-refractivity contribution in [3.8, 4) is 0 Å². The minimum atomic E-state index is -0.341. The molecule has 118 valence electrons. The Morgan fingerprint density at radius 1 is 1.32 bits per heavy atom. The number of hydrogen-bond donors (Lipinski definition) is 2. The highest BCUT2D eigenvalue weighted by atomic mass is 16.3. The Labute approximate surface area is 131 Å². The lowest BCUT2D eigenvalue weighted by atomic mass is 9.95. The standard InChI is InChI=1S/C18H24N2O2/c1-10-5-6-11(2)15-14(10)12(3)16(22-15)17(21)20-18(4,9-19)13-7-8-13/h5-6,13H,7-9,19H2,1-4H3,(H,20,21). The summed E-state index contributed by atoms with van der Waals surface area (Å²) in [6.45, 7) is 8.46. The molecule has 3 rings (SSSR count). The smallest absolute Gasteiger partial charge is 0.287 e. The molecular formula is C18H24N2O2. The highest BCUT2D eigenvalue weighted by molar-refractivity contribution is 6.00. The average Bonchev–Trinajstić information content (AvgIpc) is 3.27. The first-order chi connectivity index (χ1) is 10.4. The van der Waals surface area contributed by atoms with Crippen LogP contribution in [0.15, 0.2) is 16.5 Å². The van der Waals surface area contributed by atoms with Gasteiger partial charge in [-0.25, -0.2) is 0 Å². The van der Waals surface area contributed by atoms with Gasteiger partial charge in [-0.1, -0.05) is 12.1 Å². The Hall–Kier alpha value is -1.81. The van der Waals surface area contributed by atoms with Gasteiger partial charge in [-0.15, -0.1) is 0 Å². The Kier molecular flexibility index (Phi) is 3.52. The molecule has 3 N–H and O–H groups in total. The van der Waals surface area contributed by atoms with Crippen molar-refractivity contribution in [1.82, 2.24) is 5.32 Å². The normalized spacial score (nSPS) is 17.5. The summed E-state index contributed by atoms with van der Waals surface area (Å²) >= 11 is 0. The van der Waals surface area contributed by atoms with Crippen molar-refractivity contribution in [3.63, 3.8) is 0 Å². The SMILES string of the molecule is Cc1ccc(C)c2c(C)c(C(=O)NC(C)(CN)C3CC3)oc12. The van der Waals surface area contributed by atoms with Gasteiger partial charge in [-0.05, 0) is 57.6 Å². The number of nitrogens with two attached hydrogens (primary N) is 1. The number of benzene rings is 1. The van der Waals surface area contributed by atoms with Crippen molar-refractivity contribution in [3.05, 3.63) is 34.6 Å². The molecule has 22 heavy (non-hydrogen) atoms. The third-order valence-electron chi connectivity index (χ3n) is 4.99. The molecular weight excluding hydrogens is 276 g/mol. The largest absolute Gasteiger partial charge is 0.450 e. The fourth-order valence-electron chi connectivity index (χ4n) is 3.25. The van der Waals surface area contributed by atoms with Gasteiger partial charge < -0.3 is 15.5 Å². The van der Waals surface area contributed by atoms with Crippen molar-refractivity contribution in [2.75, 3.05) is 6.54 Å². The van der Waals surface area contributed by atoms with Gasteiger partial charge in [-0.2, -0.15) is 0 Å². The fraction of sp³-hybridized carbons (Fsp3) is 0.500. The molecule has 1 aromatic carbocycles. The lowest BCUT2D eigenvalue weighted by Gasteiger charge is -2.29. The van der Waals surface area contributed by atoms with Gasteiger partial charge in [0.2, 0.25) is 0 Å². The summed E-state index contributed by atoms with van der Waals surface area (Å²) in [6.07, 6.45) is 2.26. The van der Waals surface area contributed by atoms with E-state index in [9.17, 15) is 4.79 Å². The summed E-state index contributed by atoms with van der Waals surface area (Å²) in [5.41, 5.74) is 9.44. The number of amides is 1. The molecule has 1 saturated carbocycles. The Balaban J connectivity index is 1.99. The van der Waals surface area contributed by atoms with Gasteiger partial charge in [0.1, 0.15) is 5.58 Å². The van der Waals surface area contributed by atoms with E-state index in [0.29, 0.717) is 18.2 Å². The minimum Gasteiger partial charge on any atom is -0.450 e. The van der Waals surface area contributed by atoms with Gasteiger partial charge in [-0.3, -0.25) is 4.79 Å². The molecule has 1 atom stereocenters. The van der Waals surface area contributed by atoms with Crippen LogP contribution >= 0.6 is 0 Å². The number of nitrogens with one attached hydrogen (secondary N) is 1. The van der Waals surface area contributed by atoms with Crippen molar-refractivity contribution < 1.29 is 9.21 Å². The second-order valence-corrected chi connectivity index (χ2v) is 6.81. The molecule has 4 heteroatoms. The third kappa shape index (κ3) is 2.31. The van der Waals surface area contributed by atoms with Gasteiger partial charge >= 0.3 is 0 Å². The first kappa shape index (κ1) is 15.1. The number of furan rings is 1. The molecule has 0 spiro atoms. The minimum absolute atomic E-state index is 0.160. The average molecular weight is 300 g/mol. The molecule has 0 saturated heterocycles. The molecule has 1 aliphatic rings. The summed E-state index contributed by atoms with van der Waals surface area (Å²) in [6, 6.07) is 4.09. The van der Waals surface area contributed by atoms with Gasteiger partial charge in [0.05, 0.1) is 5.54 Å². The Morgan fingerprint density at radius 2 is 1.95 bits per heavy atom. The monoisotopic (exact) mass is 300 g/mol. The highest BCUT2D eigenvalue weighted by Crippen LogP contribution is 2.39. The molecule has 2 aromatic rings. The zero-order chi connectivity index (χ0) is 16.1. The maximum absolute atomic E-state index is 12.7. The van der Waals surface area contributed by atoms with E-state index in [-0.39, 0.29) is 11.4 Å². The zero-order valence-corrected chi connectivity index (χ0v) is 13.7. The maximum Gasteiger partial charge on any atom is 0.287 e. The van der Waals surface area contributed by atoms with Gasteiger partial charge in [0.15, 0.2) is 5.76 Å². The quantitative estimate of drug-likeness (QED) is 0.911. The molecule has 0 radical (unpaired) electrons. The van der Waals surface area contributed by atoms with E-state index >= 15 is 0 Å². The predicted octanol–water partition coefficient (Wildman–Crippen LogP) is 3.22. The first-order valence-electron chi connectivity index (χ1n) is 7.89. The van der Waals surface area contributed by atoms with Crippen LogP contribution in [0.1, 0.15) is 47.0 Å². The van der Waals surface area contributed by atoms with E-state index in [1.807, 2.05) is 33.8 Å². The van der Waals surface area contributed by atoms with Crippen molar-refractivity contribution in [1.29, 1.82) is 0 Å². The lowest BCUT2D eigenvalue weighted by molar-refractivity contribution is 0.0870. The molecule has 4 nitrogen and oxygen atoms in total. The predicted molar refractivity (Wildman–Crippen MR) is 88.1 cm³/mol. The van der Waals surface area contributed by atoms with Crippen molar-refractivity contribution in [2.45, 2.75) is 46.1 Å². The summed E-state index contributed by atoms with van der Waals surface area (Å²) in [5.74, 6) is 0.731. The van der Waals surface area contributed by atoms with Crippen molar-refractivity contribution in [2.24, 2.45) is 11.7 Å². The van der Waals surface area contributed by atoms with Crippen LogP contribution < -0.4 is 11.1 Å². The van der Waals surface area contributed by atoms with E-state index in [0.717, 1.165) is 40.5 Å². The Morgan fingerprint density at radius 3 is 2.50 bits per heavy atom. The number of fused-ring (bicyclic) bond motifs is 1. The van der Waals surface area contributed by atoms with Crippen LogP contribution in [0.2, 0.25) is 0 Å². The highest BCUT2D eigenvalue weighted by Gasteiger charge is 2.42. The van der Waals surface area contributed by atoms with Crippen LogP contribution in [0.4, 0.5) is 0 Å². The molecule has 1 aromatic heterocycles. The summed E-state index contributed by atoms with van der Waals surface area (Å²) < 4.78 is 5.91. The second-order valence-electron chi connectivity index (χ2n) is 6.81. The third-order valence-corrected chi connectivity index (χ3v) is 4.99. The molecule has 1 heterocycles. The summed E-state index contributed by atoms with van der Waals surface area (Å²) in [7, 11) is 0. The fourth-order valence-corrected chi connectivity index (χ4v) is 3.25. The number of carbonyl (C=O) groups excluding carboxylic acids is 1. The van der Waals surface area contributed by atoms with Crippen molar-refractivity contribution >= 4 is 16.9 Å². The van der Waals surface area contributed by atoms with E-state index in [1.54, 1.807) is 0 Å². The van der Waals surface area contributed by atoms with Crippen LogP contribution in [0.3, 0.4) is 0 Å². The number of carbonyl (C=O) groups is 1. The molecule has 1 fully saturated rings. The van der Waals surface area contributed by atoms with Gasteiger partial charge in [0.25, 0.3) is 5.91 Å². The topological polar surface area (TPSA) is 68.3 Å². The van der Waals surface area contributed by atoms with E-state index < -0.39 is 0 Å². The molecule has 1 unspecified atom stereocenters. The van der Waals surface area contributed by atoms with E-state index in [2.05, 4.69) is 11.4 Å². The second kappa shape index (κ2) is 5.13. The zero-order valence-electron chi connectivity index (χ0n) is 13.7. The maximum atomic E-state index is 12.7. The number of rotatable bonds is 4. The number of hydrogen-bond acceptors (Lipinski definition) is 3. The Bertz CT molecular complexity index is 743. The van der Waals surface area contributed by atoms with Crippen LogP contribution in [0, 0.1) is 26.7 Å². The lowest BCUT2D eigenvalue weighted by Crippen LogP contribution is -2.53. The molecule has 0 bridgehead atoms. The van der Waals surface area contributed by atoms with Crippen LogP contribution in [-0.4, -0.2) is 18.0 Å². The summed E-state index contributed by atoms with van der Waals surface area (Å²) in [5, 5.41) is 4.15. The number of aryl methyl sites for hydroxylation is 3. The van der Waals surface area contributed by atoms with Crippen LogP contribution in [0.5, 0.6) is 0 Å². The van der Waals surface area contributed by atoms with Crippen LogP contribution in [-0.2, 0) is 0 Å². The van der Waals surface area contributed by atoms with E-state index in [4.69, 9.17) is 10.2 Å². The van der Waals surface area contributed by atoms with E-state index in [1.165, 1.54) is 0 Å².